The SMILES string of the molecule is O=Nc1ccc(SOCC2CNC(=O)O2)cc1. The van der Waals surface area contributed by atoms with Gasteiger partial charge >= 0.3 is 6.09 Å². The summed E-state index contributed by atoms with van der Waals surface area (Å²) in [6.45, 7) is 0.782. The molecule has 1 atom stereocenters. The average Bonchev–Trinajstić information content (AvgIpc) is 2.76. The number of benzene rings is 1. The predicted molar refractivity (Wildman–Crippen MR) is 62.0 cm³/mol. The van der Waals surface area contributed by atoms with Crippen molar-refractivity contribution in [1.29, 1.82) is 0 Å². The van der Waals surface area contributed by atoms with Crippen LogP contribution in [0.3, 0.4) is 0 Å². The minimum Gasteiger partial charge on any atom is -0.442 e. The van der Waals surface area contributed by atoms with E-state index in [1.165, 1.54) is 0 Å². The fourth-order valence-electron chi connectivity index (χ4n) is 1.27. The van der Waals surface area contributed by atoms with E-state index < -0.39 is 6.09 Å². The molecule has 0 saturated carbocycles. The zero-order valence-electron chi connectivity index (χ0n) is 8.79. The molecule has 1 fully saturated rings. The van der Waals surface area contributed by atoms with Gasteiger partial charge in [0, 0.05) is 16.9 Å². The zero-order valence-corrected chi connectivity index (χ0v) is 9.61. The first-order chi connectivity index (χ1) is 8.28. The number of nitrogens with one attached hydrogen (secondary N) is 1. The Morgan fingerprint density at radius 3 is 2.82 bits per heavy atom. The van der Waals surface area contributed by atoms with E-state index in [4.69, 9.17) is 8.92 Å². The van der Waals surface area contributed by atoms with Gasteiger partial charge in [0.2, 0.25) is 0 Å². The van der Waals surface area contributed by atoms with Gasteiger partial charge in [0.05, 0.1) is 6.54 Å². The Morgan fingerprint density at radius 2 is 2.24 bits per heavy atom. The molecule has 1 aromatic carbocycles. The third kappa shape index (κ3) is 3.43. The van der Waals surface area contributed by atoms with Gasteiger partial charge in [-0.25, -0.2) is 4.79 Å². The molecule has 0 bridgehead atoms. The predicted octanol–water partition coefficient (Wildman–Crippen LogP) is 2.22. The van der Waals surface area contributed by atoms with Crippen LogP contribution in [0.4, 0.5) is 10.5 Å². The minimum atomic E-state index is -0.412. The van der Waals surface area contributed by atoms with Crippen LogP contribution in [0.15, 0.2) is 34.3 Å². The molecule has 1 aliphatic heterocycles. The fourth-order valence-corrected chi connectivity index (χ4v) is 1.87. The van der Waals surface area contributed by atoms with Crippen molar-refractivity contribution in [1.82, 2.24) is 5.32 Å². The van der Waals surface area contributed by atoms with Gasteiger partial charge in [0.15, 0.2) is 0 Å². The van der Waals surface area contributed by atoms with E-state index in [2.05, 4.69) is 10.5 Å². The number of hydrogen-bond acceptors (Lipinski definition) is 6. The lowest BCUT2D eigenvalue weighted by Crippen LogP contribution is -2.18. The van der Waals surface area contributed by atoms with Crippen LogP contribution in [0, 0.1) is 4.91 Å². The standard InChI is InChI=1S/C10H10N2O4S/c13-10-11-5-8(16-10)6-15-17-9-3-1-7(12-14)2-4-9/h1-4,8H,5-6H2,(H,11,13). The average molecular weight is 254 g/mol. The second-order valence-electron chi connectivity index (χ2n) is 3.36. The minimum absolute atomic E-state index is 0.245. The highest BCUT2D eigenvalue weighted by Crippen LogP contribution is 2.22. The van der Waals surface area contributed by atoms with Crippen LogP contribution in [0.1, 0.15) is 0 Å². The summed E-state index contributed by atoms with van der Waals surface area (Å²) in [5, 5.41) is 5.33. The topological polar surface area (TPSA) is 77.0 Å². The smallest absolute Gasteiger partial charge is 0.407 e. The van der Waals surface area contributed by atoms with Crippen molar-refractivity contribution in [2.24, 2.45) is 5.18 Å². The lowest BCUT2D eigenvalue weighted by molar-refractivity contribution is 0.112. The Balaban J connectivity index is 1.74. The number of rotatable bonds is 5. The maximum atomic E-state index is 10.7. The summed E-state index contributed by atoms with van der Waals surface area (Å²) in [5.74, 6) is 0. The highest BCUT2D eigenvalue weighted by molar-refractivity contribution is 7.94. The van der Waals surface area contributed by atoms with E-state index >= 15 is 0 Å². The van der Waals surface area contributed by atoms with Crippen LogP contribution < -0.4 is 5.32 Å². The zero-order chi connectivity index (χ0) is 12.1. The first-order valence-corrected chi connectivity index (χ1v) is 5.69. The van der Waals surface area contributed by atoms with Crippen LogP contribution in [0.5, 0.6) is 0 Å². The number of hydrogen-bond donors (Lipinski definition) is 1. The first kappa shape index (κ1) is 11.9. The molecule has 17 heavy (non-hydrogen) atoms. The number of carbonyl (C=O) groups excluding carboxylic acids is 1. The number of carbonyl (C=O) groups is 1. The lowest BCUT2D eigenvalue weighted by atomic mass is 10.3. The summed E-state index contributed by atoms with van der Waals surface area (Å²) in [6.07, 6.45) is -0.657. The van der Waals surface area contributed by atoms with Crippen molar-refractivity contribution in [3.63, 3.8) is 0 Å². The monoisotopic (exact) mass is 254 g/mol. The van der Waals surface area contributed by atoms with Crippen molar-refractivity contribution in [3.05, 3.63) is 29.2 Å². The maximum Gasteiger partial charge on any atom is 0.407 e. The fraction of sp³-hybridized carbons (Fsp3) is 0.300. The van der Waals surface area contributed by atoms with Crippen molar-refractivity contribution in [3.8, 4) is 0 Å². The summed E-state index contributed by atoms with van der Waals surface area (Å²) >= 11 is 1.16. The van der Waals surface area contributed by atoms with Gasteiger partial charge in [-0.3, -0.25) is 0 Å². The van der Waals surface area contributed by atoms with Gasteiger partial charge in [0.25, 0.3) is 0 Å². The summed E-state index contributed by atoms with van der Waals surface area (Å²) in [7, 11) is 0. The van der Waals surface area contributed by atoms with E-state index in [9.17, 15) is 9.70 Å². The summed E-state index contributed by atoms with van der Waals surface area (Å²) in [5.41, 5.74) is 0.378. The van der Waals surface area contributed by atoms with Crippen LogP contribution in [-0.4, -0.2) is 25.3 Å². The van der Waals surface area contributed by atoms with Crippen LogP contribution >= 0.6 is 12.0 Å². The van der Waals surface area contributed by atoms with Crippen LogP contribution in [0.25, 0.3) is 0 Å². The van der Waals surface area contributed by atoms with Gasteiger partial charge in [-0.1, -0.05) is 0 Å². The Hall–Kier alpha value is -1.60. The second kappa shape index (κ2) is 5.65. The molecule has 1 saturated heterocycles. The van der Waals surface area contributed by atoms with Gasteiger partial charge in [-0.2, -0.15) is 0 Å². The highest BCUT2D eigenvalue weighted by Gasteiger charge is 2.22. The molecule has 90 valence electrons. The molecule has 0 spiro atoms. The molecule has 0 aliphatic carbocycles. The molecule has 0 aromatic heterocycles. The summed E-state index contributed by atoms with van der Waals surface area (Å²) < 4.78 is 10.2. The maximum absolute atomic E-state index is 10.7. The Morgan fingerprint density at radius 1 is 1.47 bits per heavy atom. The van der Waals surface area contributed by atoms with Gasteiger partial charge in [0.1, 0.15) is 18.4 Å². The molecule has 6 nitrogen and oxygen atoms in total. The van der Waals surface area contributed by atoms with Crippen molar-refractivity contribution in [2.45, 2.75) is 11.0 Å². The molecule has 7 heteroatoms. The summed E-state index contributed by atoms with van der Waals surface area (Å²) in [4.78, 5) is 21.8. The highest BCUT2D eigenvalue weighted by atomic mass is 32.2. The van der Waals surface area contributed by atoms with E-state index in [-0.39, 0.29) is 6.10 Å². The second-order valence-corrected chi connectivity index (χ2v) is 4.24. The van der Waals surface area contributed by atoms with E-state index in [0.717, 1.165) is 16.9 Å². The number of ether oxygens (including phenoxy) is 1. The Bertz CT molecular complexity index is 409. The molecule has 1 N–H and O–H groups in total. The number of amides is 1. The molecular weight excluding hydrogens is 244 g/mol. The van der Waals surface area contributed by atoms with Crippen molar-refractivity contribution < 1.29 is 13.7 Å². The quantitative estimate of drug-likeness (QED) is 0.644. The molecule has 1 amide bonds. The number of nitrogens with zero attached hydrogens (tertiary/aromatic N) is 1. The largest absolute Gasteiger partial charge is 0.442 e. The molecule has 1 aromatic rings. The first-order valence-electron chi connectivity index (χ1n) is 4.95. The van der Waals surface area contributed by atoms with Crippen LogP contribution in [0.2, 0.25) is 0 Å². The van der Waals surface area contributed by atoms with Crippen LogP contribution in [-0.2, 0) is 8.92 Å². The molecule has 0 radical (unpaired) electrons. The lowest BCUT2D eigenvalue weighted by Gasteiger charge is -2.07. The number of nitroso groups, excluding NO2 is 1. The Labute approximate surface area is 102 Å². The molecule has 1 unspecified atom stereocenters. The third-order valence-corrected chi connectivity index (χ3v) is 2.82. The van der Waals surface area contributed by atoms with E-state index in [0.29, 0.717) is 18.8 Å². The van der Waals surface area contributed by atoms with Gasteiger partial charge in [-0.15, -0.1) is 4.91 Å². The van der Waals surface area contributed by atoms with Crippen molar-refractivity contribution in [2.75, 3.05) is 13.2 Å². The molecule has 1 heterocycles. The number of cyclic esters (lactones) is 1. The summed E-state index contributed by atoms with van der Waals surface area (Å²) in [6, 6.07) is 6.69. The molecule has 1 aliphatic rings. The van der Waals surface area contributed by atoms with E-state index in [1.54, 1.807) is 24.3 Å². The number of alkyl carbamates (subject to hydrolysis) is 1. The van der Waals surface area contributed by atoms with E-state index in [1.807, 2.05) is 0 Å². The Kier molecular flexibility index (Phi) is 3.94. The normalized spacial score (nSPS) is 18.6. The molecule has 2 rings (SSSR count). The van der Waals surface area contributed by atoms with Crippen molar-refractivity contribution >= 4 is 23.8 Å². The van der Waals surface area contributed by atoms with Gasteiger partial charge < -0.3 is 14.2 Å². The molecular formula is C10H10N2O4S. The third-order valence-electron chi connectivity index (χ3n) is 2.10. The van der Waals surface area contributed by atoms with Gasteiger partial charge in [-0.05, 0) is 29.4 Å².